The van der Waals surface area contributed by atoms with E-state index in [0.29, 0.717) is 0 Å². The number of ether oxygens (including phenoxy) is 1. The Hall–Kier alpha value is -1.44. The van der Waals surface area contributed by atoms with Crippen LogP contribution in [0.15, 0.2) is 0 Å². The lowest BCUT2D eigenvalue weighted by Gasteiger charge is -2.43. The van der Waals surface area contributed by atoms with Gasteiger partial charge in [-0.25, -0.2) is 9.59 Å². The van der Waals surface area contributed by atoms with Crippen LogP contribution in [-0.2, 0) is 14.3 Å². The number of carbonyl (C=O) groups is 3. The minimum Gasteiger partial charge on any atom is -0.480 e. The van der Waals surface area contributed by atoms with Crippen molar-refractivity contribution in [3.05, 3.63) is 0 Å². The number of hydrogen-bond acceptors (Lipinski definition) is 5. The molecule has 0 aromatic heterocycles. The van der Waals surface area contributed by atoms with Crippen LogP contribution in [0.4, 0.5) is 4.79 Å². The maximum Gasteiger partial charge on any atom is 0.407 e. The number of carboxylic acid groups (broad SMARTS) is 1. The number of amides is 2. The summed E-state index contributed by atoms with van der Waals surface area (Å²) in [6.45, 7) is 7.68. The van der Waals surface area contributed by atoms with Gasteiger partial charge in [0.1, 0.15) is 17.5 Å². The smallest absolute Gasteiger partial charge is 0.407 e. The van der Waals surface area contributed by atoms with E-state index in [0.717, 1.165) is 0 Å². The molecule has 118 valence electrons. The van der Waals surface area contributed by atoms with E-state index in [9.17, 15) is 19.5 Å². The quantitative estimate of drug-likeness (QED) is 0.748. The second-order valence-electron chi connectivity index (χ2n) is 6.21. The van der Waals surface area contributed by atoms with Gasteiger partial charge in [0.2, 0.25) is 5.91 Å². The summed E-state index contributed by atoms with van der Waals surface area (Å²) in [6.07, 6.45) is -0.640. The van der Waals surface area contributed by atoms with Crippen molar-refractivity contribution < 1.29 is 24.2 Å². The summed E-state index contributed by atoms with van der Waals surface area (Å²) in [6, 6.07) is -1.58. The summed E-state index contributed by atoms with van der Waals surface area (Å²) < 4.78 is 4.39. The van der Waals surface area contributed by atoms with E-state index in [-0.39, 0.29) is 23.8 Å². The van der Waals surface area contributed by atoms with Crippen LogP contribution in [0, 0.1) is 5.92 Å². The largest absolute Gasteiger partial charge is 0.480 e. The number of rotatable bonds is 4. The standard InChI is InChI=1S/C13H20N2O5S/c1-6(2)5-20-12(19)14-7-9(16)15-8(11(17)18)13(3,4)21-10(7)15/h6-8,10H,5H2,1-4H3,(H,14,19)(H,17,18)/t7-,8+,10+/m0/s1. The summed E-state index contributed by atoms with van der Waals surface area (Å²) in [5.74, 6) is -1.18. The molecule has 2 aliphatic rings. The molecule has 8 heteroatoms. The Balaban J connectivity index is 2.00. The second-order valence-corrected chi connectivity index (χ2v) is 7.98. The van der Waals surface area contributed by atoms with E-state index in [2.05, 4.69) is 5.32 Å². The zero-order valence-electron chi connectivity index (χ0n) is 12.5. The minimum atomic E-state index is -1.02. The predicted molar refractivity (Wildman–Crippen MR) is 76.8 cm³/mol. The van der Waals surface area contributed by atoms with Gasteiger partial charge in [-0.05, 0) is 19.8 Å². The zero-order valence-corrected chi connectivity index (χ0v) is 13.3. The van der Waals surface area contributed by atoms with E-state index in [1.165, 1.54) is 16.7 Å². The molecule has 0 aromatic rings. The van der Waals surface area contributed by atoms with Crippen molar-refractivity contribution in [3.63, 3.8) is 0 Å². The van der Waals surface area contributed by atoms with Gasteiger partial charge in [-0.2, -0.15) is 0 Å². The van der Waals surface area contributed by atoms with Crippen molar-refractivity contribution >= 4 is 29.7 Å². The molecule has 0 aromatic carbocycles. The predicted octanol–water partition coefficient (Wildman–Crippen LogP) is 0.884. The van der Waals surface area contributed by atoms with Gasteiger partial charge in [-0.15, -0.1) is 11.8 Å². The summed E-state index contributed by atoms with van der Waals surface area (Å²) in [4.78, 5) is 36.4. The number of carbonyl (C=O) groups excluding carboxylic acids is 2. The molecule has 2 fully saturated rings. The molecule has 0 spiro atoms. The molecule has 2 N–H and O–H groups in total. The Morgan fingerprint density at radius 2 is 2.10 bits per heavy atom. The molecule has 0 saturated carbocycles. The SMILES string of the molecule is CC(C)COC(=O)N[C@H]1C(=O)N2[C@@H]1SC(C)(C)[C@H]2C(=O)O. The third-order valence-electron chi connectivity index (χ3n) is 3.50. The highest BCUT2D eigenvalue weighted by molar-refractivity contribution is 8.01. The van der Waals surface area contributed by atoms with Gasteiger partial charge in [0.25, 0.3) is 0 Å². The average molecular weight is 316 g/mol. The van der Waals surface area contributed by atoms with Crippen LogP contribution in [0.2, 0.25) is 0 Å². The fraction of sp³-hybridized carbons (Fsp3) is 0.769. The first-order valence-electron chi connectivity index (χ1n) is 6.81. The number of nitrogens with zero attached hydrogens (tertiary/aromatic N) is 1. The molecule has 7 nitrogen and oxygen atoms in total. The van der Waals surface area contributed by atoms with Crippen LogP contribution in [0.3, 0.4) is 0 Å². The monoisotopic (exact) mass is 316 g/mol. The van der Waals surface area contributed by atoms with Crippen LogP contribution in [0.1, 0.15) is 27.7 Å². The Morgan fingerprint density at radius 3 is 2.62 bits per heavy atom. The summed E-state index contributed by atoms with van der Waals surface area (Å²) >= 11 is 1.39. The zero-order chi connectivity index (χ0) is 15.9. The fourth-order valence-corrected chi connectivity index (χ4v) is 4.18. The molecule has 2 amide bonds. The van der Waals surface area contributed by atoms with Gasteiger partial charge in [0.15, 0.2) is 0 Å². The van der Waals surface area contributed by atoms with Crippen molar-refractivity contribution in [2.24, 2.45) is 5.92 Å². The average Bonchev–Trinajstić information content (AvgIpc) is 2.62. The molecule has 3 atom stereocenters. The third-order valence-corrected chi connectivity index (χ3v) is 5.07. The van der Waals surface area contributed by atoms with Crippen LogP contribution in [0.5, 0.6) is 0 Å². The number of aliphatic carboxylic acids is 1. The maximum atomic E-state index is 12.1. The molecule has 2 heterocycles. The van der Waals surface area contributed by atoms with Gasteiger partial charge in [-0.3, -0.25) is 4.79 Å². The van der Waals surface area contributed by atoms with E-state index in [1.54, 1.807) is 13.8 Å². The van der Waals surface area contributed by atoms with E-state index in [4.69, 9.17) is 4.74 Å². The van der Waals surface area contributed by atoms with Crippen LogP contribution in [-0.4, -0.2) is 56.8 Å². The topological polar surface area (TPSA) is 95.9 Å². The first-order valence-corrected chi connectivity index (χ1v) is 7.69. The molecule has 2 saturated heterocycles. The molecule has 0 unspecified atom stereocenters. The van der Waals surface area contributed by atoms with Crippen molar-refractivity contribution in [1.29, 1.82) is 0 Å². The van der Waals surface area contributed by atoms with Crippen LogP contribution in [0.25, 0.3) is 0 Å². The lowest BCUT2D eigenvalue weighted by molar-refractivity contribution is -0.160. The van der Waals surface area contributed by atoms with Gasteiger partial charge in [0.05, 0.1) is 6.61 Å². The maximum absolute atomic E-state index is 12.1. The summed E-state index contributed by atoms with van der Waals surface area (Å²) in [7, 11) is 0. The number of thioether (sulfide) groups is 1. The first kappa shape index (κ1) is 15.9. The highest BCUT2D eigenvalue weighted by Crippen LogP contribution is 2.50. The molecular formula is C13H20N2O5S. The van der Waals surface area contributed by atoms with Crippen molar-refractivity contribution in [3.8, 4) is 0 Å². The summed E-state index contributed by atoms with van der Waals surface area (Å²) in [5.41, 5.74) is 0. The molecule has 21 heavy (non-hydrogen) atoms. The van der Waals surface area contributed by atoms with E-state index < -0.39 is 28.9 Å². The lowest BCUT2D eigenvalue weighted by Crippen LogP contribution is -2.70. The normalized spacial score (nSPS) is 29.9. The van der Waals surface area contributed by atoms with Gasteiger partial charge in [0, 0.05) is 4.75 Å². The Labute approximate surface area is 127 Å². The Morgan fingerprint density at radius 1 is 1.48 bits per heavy atom. The Kier molecular flexibility index (Phi) is 4.10. The van der Waals surface area contributed by atoms with E-state index in [1.807, 2.05) is 13.8 Å². The number of fused-ring (bicyclic) bond motifs is 1. The summed E-state index contributed by atoms with van der Waals surface area (Å²) in [5, 5.41) is 11.5. The number of β-lactam (4-membered cyclic amide) rings is 1. The molecular weight excluding hydrogens is 296 g/mol. The van der Waals surface area contributed by atoms with Crippen LogP contribution >= 0.6 is 11.8 Å². The molecule has 2 aliphatic heterocycles. The van der Waals surface area contributed by atoms with Gasteiger partial charge >= 0.3 is 12.1 Å². The molecule has 0 bridgehead atoms. The molecule has 0 radical (unpaired) electrons. The van der Waals surface area contributed by atoms with Crippen molar-refractivity contribution in [2.75, 3.05) is 6.61 Å². The lowest BCUT2D eigenvalue weighted by atomic mass is 9.96. The molecule has 0 aliphatic carbocycles. The Bertz CT molecular complexity index is 479. The van der Waals surface area contributed by atoms with Gasteiger partial charge in [-0.1, -0.05) is 13.8 Å². The van der Waals surface area contributed by atoms with Gasteiger partial charge < -0.3 is 20.1 Å². The second kappa shape index (κ2) is 5.40. The fourth-order valence-electron chi connectivity index (χ4n) is 2.56. The number of carboxylic acids is 1. The number of nitrogens with one attached hydrogen (secondary N) is 1. The van der Waals surface area contributed by atoms with Crippen LogP contribution < -0.4 is 5.32 Å². The minimum absolute atomic E-state index is 0.209. The van der Waals surface area contributed by atoms with Crippen molar-refractivity contribution in [2.45, 2.75) is 49.9 Å². The van der Waals surface area contributed by atoms with E-state index >= 15 is 0 Å². The number of alkyl carbamates (subject to hydrolysis) is 1. The third kappa shape index (κ3) is 2.81. The first-order chi connectivity index (χ1) is 9.65. The highest BCUT2D eigenvalue weighted by atomic mass is 32.2. The molecule has 2 rings (SSSR count). The van der Waals surface area contributed by atoms with Crippen molar-refractivity contribution in [1.82, 2.24) is 10.2 Å². The highest BCUT2D eigenvalue weighted by Gasteiger charge is 2.64. The number of hydrogen-bond donors (Lipinski definition) is 2.